The van der Waals surface area contributed by atoms with Crippen LogP contribution in [-0.2, 0) is 40.6 Å². The molecule has 0 amide bonds. The third-order valence-electron chi connectivity index (χ3n) is 14.2. The Bertz CT molecular complexity index is 3050. The van der Waals surface area contributed by atoms with Crippen LogP contribution in [0.15, 0.2) is 84.9 Å². The largest absolute Gasteiger partial charge is 0.465 e. The first kappa shape index (κ1) is 59.2. The highest BCUT2D eigenvalue weighted by molar-refractivity contribution is 7.70. The number of hydrogen-bond donors (Lipinski definition) is 0. The first-order valence-corrected chi connectivity index (χ1v) is 28.4. The number of methoxy groups -OCH3 is 4. The lowest BCUT2D eigenvalue weighted by molar-refractivity contribution is 0.0591. The minimum atomic E-state index is -2.45. The van der Waals surface area contributed by atoms with Crippen LogP contribution in [-0.4, -0.2) is 57.2 Å². The minimum absolute atomic E-state index is 0.278. The molecule has 0 bridgehead atoms. The molecule has 5 aromatic rings. The molecule has 0 saturated heterocycles. The van der Waals surface area contributed by atoms with Crippen molar-refractivity contribution in [3.63, 3.8) is 0 Å². The minimum Gasteiger partial charge on any atom is -0.465 e. The maximum atomic E-state index is 13.4. The van der Waals surface area contributed by atoms with E-state index in [0.717, 1.165) is 43.8 Å². The third kappa shape index (κ3) is 11.4. The Morgan fingerprint density at radius 3 is 0.949 bits per heavy atom. The second kappa shape index (κ2) is 22.0. The monoisotopic (exact) mass is 1100 g/mol. The number of rotatable bonds is 14. The molecule has 12 nitrogen and oxygen atoms in total. The SMILES string of the molecule is COC(=O)c1cc(C)c(OP(Oc2c(C)cc(C(=O)OC)cc2C(C)(C)C)C2(P(Oc3c(C)cc(C(=O)OC)cc3C(C)(C)C)Oc3c(C)cc(C(=O)OC)cc3C(C)(C)C)CC=CC3=c4ccccc4=C32)c(C(C)(C)C)c1. The lowest BCUT2D eigenvalue weighted by Crippen LogP contribution is -2.49. The number of esters is 4. The molecule has 0 aliphatic heterocycles. The summed E-state index contributed by atoms with van der Waals surface area (Å²) in [7, 11) is 0.561. The van der Waals surface area contributed by atoms with Crippen molar-refractivity contribution in [2.24, 2.45) is 0 Å². The zero-order valence-corrected chi connectivity index (χ0v) is 50.9. The van der Waals surface area contributed by atoms with E-state index in [1.54, 1.807) is 24.3 Å². The number of carbonyl (C=O) groups is 4. The Morgan fingerprint density at radius 1 is 0.423 bits per heavy atom. The van der Waals surface area contributed by atoms with E-state index in [1.807, 2.05) is 64.1 Å². The molecule has 5 aromatic carbocycles. The van der Waals surface area contributed by atoms with E-state index >= 15 is 0 Å². The van der Waals surface area contributed by atoms with E-state index in [1.165, 1.54) is 28.4 Å². The summed E-state index contributed by atoms with van der Waals surface area (Å²) in [5.74, 6) is 0.0570. The molecule has 7 rings (SSSR count). The van der Waals surface area contributed by atoms with Crippen LogP contribution < -0.4 is 28.5 Å². The van der Waals surface area contributed by atoms with Crippen molar-refractivity contribution in [2.75, 3.05) is 28.4 Å². The van der Waals surface area contributed by atoms with Gasteiger partial charge in [-0.2, -0.15) is 0 Å². The fourth-order valence-corrected chi connectivity index (χ4v) is 14.7. The third-order valence-corrected chi connectivity index (χ3v) is 18.6. The van der Waals surface area contributed by atoms with E-state index in [-0.39, 0.29) is 6.42 Å². The molecular formula is C64H76O12P2. The number of ether oxygens (including phenoxy) is 4. The van der Waals surface area contributed by atoms with Crippen molar-refractivity contribution in [3.8, 4) is 23.0 Å². The lowest BCUT2D eigenvalue weighted by Gasteiger charge is -2.47. The Morgan fingerprint density at radius 2 is 0.692 bits per heavy atom. The molecule has 0 radical (unpaired) electrons. The van der Waals surface area contributed by atoms with Crippen LogP contribution in [0.3, 0.4) is 0 Å². The summed E-state index contributed by atoms with van der Waals surface area (Å²) in [5, 5.41) is 1.99. The first-order chi connectivity index (χ1) is 36.3. The Labute approximate surface area is 463 Å². The quantitative estimate of drug-likeness (QED) is 0.0593. The maximum Gasteiger partial charge on any atom is 0.337 e. The molecule has 78 heavy (non-hydrogen) atoms. The molecule has 0 spiro atoms. The number of allylic oxidation sites excluding steroid dienone is 2. The average molecular weight is 1100 g/mol. The molecule has 0 N–H and O–H groups in total. The van der Waals surface area contributed by atoms with Gasteiger partial charge in [0.1, 0.15) is 23.0 Å². The van der Waals surface area contributed by atoms with Gasteiger partial charge in [0.15, 0.2) is 4.90 Å². The predicted octanol–water partition coefficient (Wildman–Crippen LogP) is 14.2. The number of aryl methyl sites for hydroxylation is 4. The summed E-state index contributed by atoms with van der Waals surface area (Å²) in [5.41, 5.74) is 6.55. The second-order valence-electron chi connectivity index (χ2n) is 24.3. The van der Waals surface area contributed by atoms with Gasteiger partial charge in [0, 0.05) is 22.3 Å². The fourth-order valence-electron chi connectivity index (χ4n) is 10.0. The fraction of sp³-hybridized carbons (Fsp3) is 0.406. The van der Waals surface area contributed by atoms with Gasteiger partial charge in [-0.15, -0.1) is 0 Å². The van der Waals surface area contributed by atoms with Crippen molar-refractivity contribution in [1.82, 2.24) is 0 Å². The maximum absolute atomic E-state index is 13.4. The van der Waals surface area contributed by atoms with Crippen LogP contribution in [0.5, 0.6) is 23.0 Å². The highest BCUT2D eigenvalue weighted by Crippen LogP contribution is 2.76. The second-order valence-corrected chi connectivity index (χ2v) is 27.9. The van der Waals surface area contributed by atoms with Crippen molar-refractivity contribution < 1.29 is 56.2 Å². The van der Waals surface area contributed by atoms with E-state index < -0.39 is 67.2 Å². The van der Waals surface area contributed by atoms with E-state index in [9.17, 15) is 19.2 Å². The van der Waals surface area contributed by atoms with Gasteiger partial charge in [-0.1, -0.05) is 120 Å². The van der Waals surface area contributed by atoms with E-state index in [4.69, 9.17) is 37.0 Å². The molecule has 14 heteroatoms. The van der Waals surface area contributed by atoms with Gasteiger partial charge in [-0.3, -0.25) is 0 Å². The standard InChI is InChI=1S/C64H76O12P2/c1-36-28-40(56(65)69-17)32-47(60(5,6)7)52(36)73-77(74-53-37(2)29-41(57(66)70-18)33-48(53)61(8,9)10)64(27-23-26-46-44-24-21-22-25-45(44)51(46)64)78(75-54-38(3)30-42(58(67)71-19)34-49(54)62(11,12)13)76-55-39(4)31-43(59(68)72-20)35-50(55)63(14,15)16/h21-26,28-35H,27H2,1-20H3. The molecule has 0 unspecified atom stereocenters. The Balaban J connectivity index is 1.70. The van der Waals surface area contributed by atoms with Crippen molar-refractivity contribution in [3.05, 3.63) is 162 Å². The van der Waals surface area contributed by atoms with Gasteiger partial charge in [0.25, 0.3) is 0 Å². The highest BCUT2D eigenvalue weighted by atomic mass is 31.2. The summed E-state index contributed by atoms with van der Waals surface area (Å²) in [6, 6.07) is 22.7. The molecule has 2 aliphatic carbocycles. The summed E-state index contributed by atoms with van der Waals surface area (Å²) in [6.07, 6.45) is 4.55. The average Bonchev–Trinajstić information content (AvgIpc) is 3.51. The highest BCUT2D eigenvalue weighted by Gasteiger charge is 2.62. The van der Waals surface area contributed by atoms with Gasteiger partial charge in [0.05, 0.1) is 50.7 Å². The Hall–Kier alpha value is -6.48. The summed E-state index contributed by atoms with van der Waals surface area (Å²) in [6.45, 7) is 32.5. The molecule has 0 atom stereocenters. The summed E-state index contributed by atoms with van der Waals surface area (Å²) in [4.78, 5) is 52.3. The molecule has 0 fully saturated rings. The zero-order valence-electron chi connectivity index (χ0n) is 49.1. The number of fused-ring (bicyclic) bond motifs is 2. The van der Waals surface area contributed by atoms with E-state index in [2.05, 4.69) is 107 Å². The van der Waals surface area contributed by atoms with Gasteiger partial charge < -0.3 is 37.0 Å². The summed E-state index contributed by atoms with van der Waals surface area (Å²) < 4.78 is 52.8. The van der Waals surface area contributed by atoms with Crippen LogP contribution in [0, 0.1) is 27.7 Å². The van der Waals surface area contributed by atoms with Crippen LogP contribution in [0.25, 0.3) is 11.1 Å². The lowest BCUT2D eigenvalue weighted by atomic mass is 9.83. The molecule has 414 valence electrons. The van der Waals surface area contributed by atoms with Crippen LogP contribution >= 0.6 is 16.8 Å². The topological polar surface area (TPSA) is 142 Å². The Kier molecular flexibility index (Phi) is 16.7. The normalized spacial score (nSPS) is 14.0. The van der Waals surface area contributed by atoms with Crippen molar-refractivity contribution in [2.45, 2.75) is 144 Å². The molecule has 0 heterocycles. The first-order valence-electron chi connectivity index (χ1n) is 26.1. The van der Waals surface area contributed by atoms with Gasteiger partial charge in [-0.25, -0.2) is 19.2 Å². The van der Waals surface area contributed by atoms with Crippen molar-refractivity contribution in [1.29, 1.82) is 0 Å². The van der Waals surface area contributed by atoms with Crippen LogP contribution in [0.4, 0.5) is 0 Å². The number of hydrogen-bond acceptors (Lipinski definition) is 12. The smallest absolute Gasteiger partial charge is 0.337 e. The van der Waals surface area contributed by atoms with Crippen molar-refractivity contribution >= 4 is 51.8 Å². The molecule has 0 saturated carbocycles. The summed E-state index contributed by atoms with van der Waals surface area (Å²) >= 11 is 0. The number of benzene rings is 5. The predicted molar refractivity (Wildman–Crippen MR) is 310 cm³/mol. The number of carbonyl (C=O) groups excluding carboxylic acids is 4. The van der Waals surface area contributed by atoms with Gasteiger partial charge in [0.2, 0.25) is 0 Å². The molecular weight excluding hydrogens is 1020 g/mol. The zero-order chi connectivity index (χ0) is 57.8. The van der Waals surface area contributed by atoms with Crippen LogP contribution in [0.1, 0.15) is 175 Å². The van der Waals surface area contributed by atoms with E-state index in [0.29, 0.717) is 67.5 Å². The van der Waals surface area contributed by atoms with Crippen LogP contribution in [0.2, 0.25) is 0 Å². The molecule has 2 aliphatic rings. The van der Waals surface area contributed by atoms with Gasteiger partial charge in [-0.05, 0) is 148 Å². The van der Waals surface area contributed by atoms with Gasteiger partial charge >= 0.3 is 40.6 Å². The molecule has 0 aromatic heterocycles.